The van der Waals surface area contributed by atoms with Gasteiger partial charge in [-0.1, -0.05) is 146 Å². The summed E-state index contributed by atoms with van der Waals surface area (Å²) in [7, 11) is 0. The summed E-state index contributed by atoms with van der Waals surface area (Å²) >= 11 is 0. The van der Waals surface area contributed by atoms with E-state index >= 15 is 0 Å². The van der Waals surface area contributed by atoms with Crippen molar-refractivity contribution in [2.24, 2.45) is 0 Å². The molecule has 5 aromatic heterocycles. The monoisotopic (exact) mass is 817 g/mol. The van der Waals surface area contributed by atoms with Gasteiger partial charge in [-0.2, -0.15) is 15.0 Å². The summed E-state index contributed by atoms with van der Waals surface area (Å²) in [6.07, 6.45) is 0. The van der Waals surface area contributed by atoms with Crippen LogP contribution in [0.4, 0.5) is 0 Å². The van der Waals surface area contributed by atoms with Crippen LogP contribution in [0.25, 0.3) is 122 Å². The fourth-order valence-corrected chi connectivity index (χ4v) is 10.3. The highest BCUT2D eigenvalue weighted by atomic mass is 15.3. The third kappa shape index (κ3) is 4.89. The van der Waals surface area contributed by atoms with Crippen molar-refractivity contribution in [1.82, 2.24) is 33.2 Å². The zero-order chi connectivity index (χ0) is 41.9. The number of hydrogen-bond donors (Lipinski definition) is 0. The van der Waals surface area contributed by atoms with E-state index in [1.54, 1.807) is 0 Å². The maximum absolute atomic E-state index is 5.54. The lowest BCUT2D eigenvalue weighted by Crippen LogP contribution is -2.10. The zero-order valence-corrected chi connectivity index (χ0v) is 34.3. The lowest BCUT2D eigenvalue weighted by Gasteiger charge is -2.13. The minimum Gasteiger partial charge on any atom is -0.309 e. The molecule has 0 spiro atoms. The van der Waals surface area contributed by atoms with E-state index in [1.807, 2.05) is 18.2 Å². The second-order valence-electron chi connectivity index (χ2n) is 16.4. The Morgan fingerprint density at radius 1 is 0.266 bits per heavy atom. The number of rotatable bonds is 5. The Morgan fingerprint density at radius 2 is 0.703 bits per heavy atom. The lowest BCUT2D eigenvalue weighted by atomic mass is 10.1. The van der Waals surface area contributed by atoms with E-state index in [2.05, 4.69) is 212 Å². The van der Waals surface area contributed by atoms with Crippen LogP contribution in [0.1, 0.15) is 0 Å². The van der Waals surface area contributed by atoms with Crippen molar-refractivity contribution in [3.63, 3.8) is 0 Å². The molecule has 0 unspecified atom stereocenters. The van der Waals surface area contributed by atoms with Gasteiger partial charge in [0.05, 0.1) is 44.1 Å². The molecule has 14 aromatic rings. The standard InChI is InChI=1S/C57H35N7/c1-4-18-36(19-5-1)55-58-56(63-49-31-17-13-27-43(49)53-50(63)33-32-42-39-24-10-15-29-47(39)62(54(42)53)38-22-8-3-9-23-38)60-57(59-55)64-48-30-16-12-26-41(48)45-34-44-40-25-11-14-28-46(40)61(51(44)35-52(45)64)37-20-6-2-7-21-37/h1-35H. The topological polar surface area (TPSA) is 58.4 Å². The Labute approximate surface area is 366 Å². The van der Waals surface area contributed by atoms with Crippen LogP contribution in [-0.2, 0) is 0 Å². The summed E-state index contributed by atoms with van der Waals surface area (Å²) in [5, 5.41) is 9.34. The molecule has 14 rings (SSSR count). The summed E-state index contributed by atoms with van der Waals surface area (Å²) in [4.78, 5) is 16.3. The molecular weight excluding hydrogens is 783 g/mol. The number of hydrogen-bond acceptors (Lipinski definition) is 3. The molecule has 0 N–H and O–H groups in total. The van der Waals surface area contributed by atoms with Crippen LogP contribution in [0.2, 0.25) is 0 Å². The second-order valence-corrected chi connectivity index (χ2v) is 16.4. The highest BCUT2D eigenvalue weighted by Gasteiger charge is 2.25. The van der Waals surface area contributed by atoms with Crippen molar-refractivity contribution in [3.8, 4) is 34.7 Å². The molecule has 0 aliphatic rings. The molecule has 0 saturated carbocycles. The van der Waals surface area contributed by atoms with Crippen LogP contribution < -0.4 is 0 Å². The van der Waals surface area contributed by atoms with Gasteiger partial charge in [0.25, 0.3) is 0 Å². The van der Waals surface area contributed by atoms with E-state index in [-0.39, 0.29) is 0 Å². The number of nitrogens with zero attached hydrogens (tertiary/aromatic N) is 7. The molecule has 64 heavy (non-hydrogen) atoms. The van der Waals surface area contributed by atoms with Gasteiger partial charge in [-0.15, -0.1) is 0 Å². The molecule has 7 nitrogen and oxygen atoms in total. The molecule has 0 saturated heterocycles. The predicted molar refractivity (Wildman–Crippen MR) is 263 cm³/mol. The molecular formula is C57H35N7. The third-order valence-corrected chi connectivity index (χ3v) is 13.0. The summed E-state index contributed by atoms with van der Waals surface area (Å²) < 4.78 is 9.24. The maximum Gasteiger partial charge on any atom is 0.240 e. The normalized spacial score (nSPS) is 12.1. The molecule has 0 bridgehead atoms. The van der Waals surface area contributed by atoms with Crippen molar-refractivity contribution in [2.45, 2.75) is 0 Å². The molecule has 0 amide bonds. The van der Waals surface area contributed by atoms with Gasteiger partial charge in [0, 0.05) is 60.0 Å². The minimum atomic E-state index is 0.544. The fraction of sp³-hybridized carbons (Fsp3) is 0. The van der Waals surface area contributed by atoms with Crippen molar-refractivity contribution < 1.29 is 0 Å². The maximum atomic E-state index is 5.54. The van der Waals surface area contributed by atoms with Crippen molar-refractivity contribution in [1.29, 1.82) is 0 Å². The Kier molecular flexibility index (Phi) is 7.27. The Bertz CT molecular complexity index is 4140. The first-order valence-corrected chi connectivity index (χ1v) is 21.6. The molecule has 0 atom stereocenters. The van der Waals surface area contributed by atoms with E-state index in [9.17, 15) is 0 Å². The molecule has 7 heteroatoms. The SMILES string of the molecule is c1ccc(-c2nc(-n3c4ccccc4c4cc5c6ccccc6n(-c6ccccc6)c5cc43)nc(-n3c4ccccc4c4c3ccc3c5ccccc5n(-c5ccccc5)c34)n2)cc1. The summed E-state index contributed by atoms with van der Waals surface area (Å²) in [5.41, 5.74) is 11.8. The van der Waals surface area contributed by atoms with Gasteiger partial charge in [0.2, 0.25) is 11.9 Å². The quantitative estimate of drug-likeness (QED) is 0.174. The van der Waals surface area contributed by atoms with Gasteiger partial charge in [-0.3, -0.25) is 9.13 Å². The molecule has 0 fully saturated rings. The average Bonchev–Trinajstić information content (AvgIpc) is 4.08. The third-order valence-electron chi connectivity index (χ3n) is 13.0. The highest BCUT2D eigenvalue weighted by Crippen LogP contribution is 2.43. The van der Waals surface area contributed by atoms with Crippen LogP contribution in [-0.4, -0.2) is 33.2 Å². The van der Waals surface area contributed by atoms with Gasteiger partial charge in [-0.25, -0.2) is 0 Å². The van der Waals surface area contributed by atoms with E-state index in [0.717, 1.165) is 82.6 Å². The number of benzene rings is 9. The largest absolute Gasteiger partial charge is 0.309 e. The minimum absolute atomic E-state index is 0.544. The van der Waals surface area contributed by atoms with Crippen molar-refractivity contribution in [3.05, 3.63) is 212 Å². The number of fused-ring (bicyclic) bond motifs is 13. The molecule has 0 radical (unpaired) electrons. The zero-order valence-electron chi connectivity index (χ0n) is 34.3. The van der Waals surface area contributed by atoms with Crippen LogP contribution in [0.5, 0.6) is 0 Å². The average molecular weight is 818 g/mol. The lowest BCUT2D eigenvalue weighted by molar-refractivity contribution is 0.893. The molecule has 9 aromatic carbocycles. The van der Waals surface area contributed by atoms with Gasteiger partial charge in [0.1, 0.15) is 0 Å². The smallest absolute Gasteiger partial charge is 0.240 e. The summed E-state index contributed by atoms with van der Waals surface area (Å²) in [6.45, 7) is 0. The van der Waals surface area contributed by atoms with E-state index in [0.29, 0.717) is 17.7 Å². The molecule has 0 aliphatic carbocycles. The molecule has 0 aliphatic heterocycles. The molecule has 5 heterocycles. The Balaban J connectivity index is 1.11. The van der Waals surface area contributed by atoms with Crippen molar-refractivity contribution in [2.75, 3.05) is 0 Å². The van der Waals surface area contributed by atoms with Crippen LogP contribution >= 0.6 is 0 Å². The summed E-state index contributed by atoms with van der Waals surface area (Å²) in [6, 6.07) is 75.3. The van der Waals surface area contributed by atoms with E-state index in [1.165, 1.54) is 21.5 Å². The van der Waals surface area contributed by atoms with Crippen LogP contribution in [0.3, 0.4) is 0 Å². The first kappa shape index (κ1) is 34.9. The van der Waals surface area contributed by atoms with Crippen molar-refractivity contribution >= 4 is 87.2 Å². The van der Waals surface area contributed by atoms with Gasteiger partial charge in [0.15, 0.2) is 5.82 Å². The predicted octanol–water partition coefficient (Wildman–Crippen LogP) is 13.9. The first-order valence-electron chi connectivity index (χ1n) is 21.6. The molecule has 298 valence electrons. The Morgan fingerprint density at radius 3 is 1.31 bits per heavy atom. The second kappa shape index (κ2) is 13.3. The van der Waals surface area contributed by atoms with E-state index in [4.69, 9.17) is 15.0 Å². The Hall–Kier alpha value is -8.81. The van der Waals surface area contributed by atoms with E-state index < -0.39 is 0 Å². The number of aromatic nitrogens is 7. The van der Waals surface area contributed by atoms with Gasteiger partial charge >= 0.3 is 0 Å². The number of para-hydroxylation sites is 6. The van der Waals surface area contributed by atoms with Gasteiger partial charge < -0.3 is 9.13 Å². The van der Waals surface area contributed by atoms with Gasteiger partial charge in [-0.05, 0) is 66.7 Å². The van der Waals surface area contributed by atoms with Crippen LogP contribution in [0, 0.1) is 0 Å². The highest BCUT2D eigenvalue weighted by molar-refractivity contribution is 6.26. The fourth-order valence-electron chi connectivity index (χ4n) is 10.3. The first-order chi connectivity index (χ1) is 31.8. The van der Waals surface area contributed by atoms with Crippen LogP contribution in [0.15, 0.2) is 212 Å². The summed E-state index contributed by atoms with van der Waals surface area (Å²) in [5.74, 6) is 1.68.